The Balaban J connectivity index is 0. The fourth-order valence-corrected chi connectivity index (χ4v) is 0. The van der Waals surface area contributed by atoms with Crippen LogP contribution in [0.5, 0.6) is 0 Å². The van der Waals surface area contributed by atoms with E-state index in [1.165, 1.54) is 0 Å². The van der Waals surface area contributed by atoms with Crippen LogP contribution in [0, 0.1) is 0 Å². The Morgan fingerprint density at radius 1 is 0.600 bits per heavy atom. The molecule has 0 spiro atoms. The van der Waals surface area contributed by atoms with Crippen LogP contribution < -0.4 is 31.1 Å². The van der Waals surface area contributed by atoms with Crippen molar-refractivity contribution in [3.05, 3.63) is 0 Å². The fraction of sp³-hybridized carbons (Fsp3) is 0. The van der Waals surface area contributed by atoms with Crippen molar-refractivity contribution in [1.29, 1.82) is 0 Å². The first-order valence-electron chi connectivity index (χ1n) is 0. The van der Waals surface area contributed by atoms with Gasteiger partial charge in [0.15, 0.2) is 0 Å². The van der Waals surface area contributed by atoms with Crippen LogP contribution in [-0.4, -0.2) is 0 Å². The zero-order valence-electron chi connectivity index (χ0n) is 2.01. The van der Waals surface area contributed by atoms with Crippen molar-refractivity contribution in [3.8, 4) is 0 Å². The average Bonchev–Trinajstić information content (AvgIpc) is 0. The summed E-state index contributed by atoms with van der Waals surface area (Å²) in [5.74, 6) is 0. The second-order valence-corrected chi connectivity index (χ2v) is 0. The smallest absolute Gasteiger partial charge is 1.00 e. The molecule has 32 valence electrons. The van der Waals surface area contributed by atoms with E-state index in [2.05, 4.69) is 0 Å². The molecule has 0 atom stereocenters. The molecule has 0 N–H and O–H groups in total. The largest absolute Gasteiger partial charge is 4.00 e. The van der Waals surface area contributed by atoms with Gasteiger partial charge in [-0.25, -0.2) is 0 Å². The molecule has 0 aromatic heterocycles. The molecule has 0 heterocycles. The SMILES string of the molecule is [Br-].[F-].[F-].[F-].[Hf+4]. The quantitative estimate of drug-likeness (QED) is 0.390. The second kappa shape index (κ2) is 67.8. The van der Waals surface area contributed by atoms with Crippen LogP contribution in [0.1, 0.15) is 0 Å². The van der Waals surface area contributed by atoms with Crippen molar-refractivity contribution < 1.29 is 56.9 Å². The van der Waals surface area contributed by atoms with Crippen molar-refractivity contribution in [2.75, 3.05) is 0 Å². The van der Waals surface area contributed by atoms with E-state index in [9.17, 15) is 0 Å². The van der Waals surface area contributed by atoms with E-state index in [0.29, 0.717) is 0 Å². The standard InChI is InChI=1S/BrH.3FH.Hf/h4*1H;/q;;;;+4/p-4. The summed E-state index contributed by atoms with van der Waals surface area (Å²) >= 11 is 0. The molecule has 0 saturated heterocycles. The van der Waals surface area contributed by atoms with Crippen LogP contribution in [0.25, 0.3) is 0 Å². The van der Waals surface area contributed by atoms with Crippen molar-refractivity contribution in [2.45, 2.75) is 0 Å². The molecule has 0 aromatic carbocycles. The zero-order chi connectivity index (χ0) is 0. The van der Waals surface area contributed by atoms with Crippen LogP contribution in [0.15, 0.2) is 0 Å². The van der Waals surface area contributed by atoms with Gasteiger partial charge in [-0.15, -0.1) is 0 Å². The van der Waals surface area contributed by atoms with Gasteiger partial charge in [0.05, 0.1) is 0 Å². The summed E-state index contributed by atoms with van der Waals surface area (Å²) in [5, 5.41) is 0. The molecule has 0 fully saturated rings. The Morgan fingerprint density at radius 2 is 0.600 bits per heavy atom. The summed E-state index contributed by atoms with van der Waals surface area (Å²) in [5.41, 5.74) is 0. The summed E-state index contributed by atoms with van der Waals surface area (Å²) < 4.78 is 0. The van der Waals surface area contributed by atoms with Gasteiger partial charge < -0.3 is 31.1 Å². The Morgan fingerprint density at radius 3 is 0.600 bits per heavy atom. The molecular formula is BrF3Hf. The van der Waals surface area contributed by atoms with Crippen molar-refractivity contribution in [1.82, 2.24) is 0 Å². The molecule has 0 aliphatic heterocycles. The maximum absolute atomic E-state index is 0. The van der Waals surface area contributed by atoms with E-state index in [4.69, 9.17) is 0 Å². The summed E-state index contributed by atoms with van der Waals surface area (Å²) in [6, 6.07) is 0. The van der Waals surface area contributed by atoms with E-state index in [1.807, 2.05) is 0 Å². The van der Waals surface area contributed by atoms with Gasteiger partial charge in [0.1, 0.15) is 0 Å². The maximum atomic E-state index is 0. The summed E-state index contributed by atoms with van der Waals surface area (Å²) in [6.45, 7) is 0. The van der Waals surface area contributed by atoms with Gasteiger partial charge in [-0.1, -0.05) is 0 Å². The van der Waals surface area contributed by atoms with Crippen molar-refractivity contribution >= 4 is 0 Å². The summed E-state index contributed by atoms with van der Waals surface area (Å²) in [6.07, 6.45) is 0. The minimum atomic E-state index is 0. The molecule has 0 aliphatic carbocycles. The molecule has 0 rings (SSSR count). The minimum absolute atomic E-state index is 0. The summed E-state index contributed by atoms with van der Waals surface area (Å²) in [4.78, 5) is 0. The van der Waals surface area contributed by atoms with Crippen LogP contribution in [0.4, 0.5) is 0 Å². The van der Waals surface area contributed by atoms with E-state index in [1.54, 1.807) is 0 Å². The Bertz CT molecular complexity index is 6.85. The summed E-state index contributed by atoms with van der Waals surface area (Å²) in [7, 11) is 0. The van der Waals surface area contributed by atoms with Gasteiger partial charge in [0.2, 0.25) is 0 Å². The fourth-order valence-electron chi connectivity index (χ4n) is 0. The van der Waals surface area contributed by atoms with Crippen LogP contribution >= 0.6 is 0 Å². The van der Waals surface area contributed by atoms with E-state index in [-0.39, 0.29) is 56.9 Å². The van der Waals surface area contributed by atoms with Crippen molar-refractivity contribution in [2.24, 2.45) is 0 Å². The number of rotatable bonds is 0. The zero-order valence-corrected chi connectivity index (χ0v) is 7.19. The van der Waals surface area contributed by atoms with Crippen LogP contribution in [0.3, 0.4) is 0 Å². The molecule has 0 bridgehead atoms. The maximum Gasteiger partial charge on any atom is 4.00 e. The molecule has 0 nitrogen and oxygen atoms in total. The minimum Gasteiger partial charge on any atom is -1.00 e. The van der Waals surface area contributed by atoms with Crippen molar-refractivity contribution in [3.63, 3.8) is 0 Å². The molecular weight excluding hydrogens is 315 g/mol. The van der Waals surface area contributed by atoms with Gasteiger partial charge in [-0.3, -0.25) is 0 Å². The molecule has 0 aromatic rings. The van der Waals surface area contributed by atoms with Gasteiger partial charge in [0, 0.05) is 0 Å². The van der Waals surface area contributed by atoms with Gasteiger partial charge >= 0.3 is 25.8 Å². The number of hydrogen-bond donors (Lipinski definition) is 0. The molecule has 5 heavy (non-hydrogen) atoms. The molecule has 0 amide bonds. The monoisotopic (exact) mass is 316 g/mol. The average molecular weight is 315 g/mol. The normalized spacial score (nSPS) is 0. The third kappa shape index (κ3) is 39.0. The van der Waals surface area contributed by atoms with Crippen LogP contribution in [0.2, 0.25) is 0 Å². The first-order chi connectivity index (χ1) is 0. The Kier molecular flexibility index (Phi) is 1690. The molecule has 0 unspecified atom stereocenters. The topological polar surface area (TPSA) is 0 Å². The predicted octanol–water partition coefficient (Wildman–Crippen LogP) is -12.0. The van der Waals surface area contributed by atoms with E-state index in [0.717, 1.165) is 0 Å². The Labute approximate surface area is 57.0 Å². The first-order valence-corrected chi connectivity index (χ1v) is 0. The third-order valence-electron chi connectivity index (χ3n) is 0. The molecule has 0 saturated carbocycles. The van der Waals surface area contributed by atoms with E-state index >= 15 is 0 Å². The van der Waals surface area contributed by atoms with Gasteiger partial charge in [-0.2, -0.15) is 0 Å². The van der Waals surface area contributed by atoms with Crippen LogP contribution in [-0.2, 0) is 25.8 Å². The van der Waals surface area contributed by atoms with Gasteiger partial charge in [0.25, 0.3) is 0 Å². The van der Waals surface area contributed by atoms with Gasteiger partial charge in [-0.05, 0) is 0 Å². The predicted molar refractivity (Wildman–Crippen MR) is 0 cm³/mol. The molecule has 0 aliphatic rings. The molecule has 0 radical (unpaired) electrons. The first kappa shape index (κ1) is 125. The third-order valence-corrected chi connectivity index (χ3v) is 0. The Hall–Kier alpha value is 1.14. The number of hydrogen-bond acceptors (Lipinski definition) is 0. The molecule has 5 heteroatoms. The van der Waals surface area contributed by atoms with E-state index < -0.39 is 0 Å². The second-order valence-electron chi connectivity index (χ2n) is 0. The number of halogens is 4.